The molecule has 0 saturated heterocycles. The summed E-state index contributed by atoms with van der Waals surface area (Å²) in [6.45, 7) is 11.9. The Labute approximate surface area is 82.7 Å². The molecule has 1 heteroatoms. The van der Waals surface area contributed by atoms with E-state index in [1.165, 1.54) is 5.30 Å². The predicted molar refractivity (Wildman–Crippen MR) is 64.6 cm³/mol. The van der Waals surface area contributed by atoms with Crippen molar-refractivity contribution < 1.29 is 0 Å². The maximum absolute atomic E-state index is 2.42. The third-order valence-corrected chi connectivity index (χ3v) is 8.02. The monoisotopic (exact) mass is 195 g/mol. The molecule has 1 aromatic rings. The van der Waals surface area contributed by atoms with Crippen molar-refractivity contribution in [1.82, 2.24) is 0 Å². The molecule has 0 spiro atoms. The van der Waals surface area contributed by atoms with E-state index in [0.29, 0.717) is 5.16 Å². The fraction of sp³-hybridized carbons (Fsp3) is 0.500. The van der Waals surface area contributed by atoms with Crippen molar-refractivity contribution in [3.8, 4) is 0 Å². The van der Waals surface area contributed by atoms with Crippen LogP contribution in [0.1, 0.15) is 20.8 Å². The summed E-state index contributed by atoms with van der Waals surface area (Å²) in [5.74, 6) is 0. The van der Waals surface area contributed by atoms with Crippen LogP contribution in [0.25, 0.3) is 0 Å². The normalized spacial score (nSPS) is 13.0. The van der Waals surface area contributed by atoms with Crippen molar-refractivity contribution in [2.45, 2.75) is 25.9 Å². The van der Waals surface area contributed by atoms with Crippen molar-refractivity contribution >= 4 is 12.6 Å². The Hall–Kier alpha value is -0.350. The molecule has 13 heavy (non-hydrogen) atoms. The average Bonchev–Trinajstić information content (AvgIpc) is 2.04. The fourth-order valence-electron chi connectivity index (χ4n) is 1.19. The van der Waals surface area contributed by atoms with Crippen LogP contribution in [0.15, 0.2) is 30.3 Å². The average molecular weight is 195 g/mol. The highest BCUT2D eigenvalue weighted by Gasteiger charge is 2.41. The second-order valence-corrected chi connectivity index (χ2v) is 9.72. The summed E-state index contributed by atoms with van der Waals surface area (Å²) < 4.78 is 0. The van der Waals surface area contributed by atoms with Crippen LogP contribution in [0.2, 0.25) is 0 Å². The fourth-order valence-corrected chi connectivity index (χ4v) is 2.88. The van der Waals surface area contributed by atoms with Gasteiger partial charge < -0.3 is 0 Å². The zero-order chi connectivity index (χ0) is 10.1. The van der Waals surface area contributed by atoms with Gasteiger partial charge in [0.15, 0.2) is 0 Å². The highest BCUT2D eigenvalue weighted by Crippen LogP contribution is 2.61. The van der Waals surface area contributed by atoms with Gasteiger partial charge in [-0.1, -0.05) is 18.2 Å². The van der Waals surface area contributed by atoms with E-state index in [-0.39, 0.29) is 0 Å². The molecule has 0 radical (unpaired) electrons. The molecule has 72 valence electrons. The maximum Gasteiger partial charge on any atom is 0.0939 e. The summed E-state index contributed by atoms with van der Waals surface area (Å²) in [6.07, 6.45) is 0. The van der Waals surface area contributed by atoms with Gasteiger partial charge in [-0.2, -0.15) is 0 Å². The molecule has 0 saturated carbocycles. The Morgan fingerprint density at radius 1 is 0.923 bits per heavy atom. The molecule has 1 aromatic carbocycles. The summed E-state index contributed by atoms with van der Waals surface area (Å²) in [4.78, 5) is 0. The van der Waals surface area contributed by atoms with Crippen LogP contribution in [0.5, 0.6) is 0 Å². The summed E-state index contributed by atoms with van der Waals surface area (Å²) >= 11 is 0. The molecule has 0 N–H and O–H groups in total. The molecule has 0 heterocycles. The SMILES string of the molecule is CC(C)(C)[P+](C)(C)c1ccccc1. The molecular weight excluding hydrogens is 175 g/mol. The number of hydrogen-bond acceptors (Lipinski definition) is 0. The van der Waals surface area contributed by atoms with E-state index in [2.05, 4.69) is 64.4 Å². The lowest BCUT2D eigenvalue weighted by molar-refractivity contribution is 0.781. The quantitative estimate of drug-likeness (QED) is 0.602. The molecule has 0 aliphatic carbocycles. The lowest BCUT2D eigenvalue weighted by atomic mass is 10.3. The number of rotatable bonds is 1. The van der Waals surface area contributed by atoms with Crippen molar-refractivity contribution in [2.75, 3.05) is 13.3 Å². The van der Waals surface area contributed by atoms with Gasteiger partial charge in [0, 0.05) is 7.26 Å². The molecule has 0 amide bonds. The van der Waals surface area contributed by atoms with Crippen LogP contribution in [-0.2, 0) is 0 Å². The molecule has 1 rings (SSSR count). The molecule has 0 aliphatic rings. The third kappa shape index (κ3) is 2.11. The second-order valence-electron chi connectivity index (χ2n) is 4.96. The van der Waals surface area contributed by atoms with Crippen molar-refractivity contribution in [3.05, 3.63) is 30.3 Å². The van der Waals surface area contributed by atoms with E-state index >= 15 is 0 Å². The summed E-state index contributed by atoms with van der Waals surface area (Å²) in [7, 11) is -0.979. The molecule has 0 aromatic heterocycles. The van der Waals surface area contributed by atoms with Gasteiger partial charge in [-0.05, 0) is 32.9 Å². The molecular formula is C12H20P+. The molecule has 0 bridgehead atoms. The highest BCUT2D eigenvalue weighted by atomic mass is 31.2. The van der Waals surface area contributed by atoms with Gasteiger partial charge in [-0.25, -0.2) is 0 Å². The Balaban J connectivity index is 3.08. The predicted octanol–water partition coefficient (Wildman–Crippen LogP) is 3.39. The number of hydrogen-bond donors (Lipinski definition) is 0. The summed E-state index contributed by atoms with van der Waals surface area (Å²) in [6, 6.07) is 10.9. The third-order valence-electron chi connectivity index (χ3n) is 3.08. The van der Waals surface area contributed by atoms with Crippen LogP contribution in [-0.4, -0.2) is 18.5 Å². The maximum atomic E-state index is 2.42. The van der Waals surface area contributed by atoms with E-state index in [1.807, 2.05) is 0 Å². The van der Waals surface area contributed by atoms with Crippen molar-refractivity contribution in [1.29, 1.82) is 0 Å². The Morgan fingerprint density at radius 2 is 1.38 bits per heavy atom. The van der Waals surface area contributed by atoms with Crippen molar-refractivity contribution in [2.24, 2.45) is 0 Å². The molecule has 0 atom stereocenters. The molecule has 0 unspecified atom stereocenters. The Kier molecular flexibility index (Phi) is 2.82. The van der Waals surface area contributed by atoms with E-state index in [1.54, 1.807) is 0 Å². The van der Waals surface area contributed by atoms with E-state index < -0.39 is 7.26 Å². The Morgan fingerprint density at radius 3 is 1.77 bits per heavy atom. The lowest BCUT2D eigenvalue weighted by Crippen LogP contribution is -2.26. The largest absolute Gasteiger partial charge is 0.0939 e. The first kappa shape index (κ1) is 10.7. The summed E-state index contributed by atoms with van der Waals surface area (Å²) in [5.41, 5.74) is 0. The minimum Gasteiger partial charge on any atom is -0.0620 e. The molecule has 0 aliphatic heterocycles. The van der Waals surface area contributed by atoms with Gasteiger partial charge in [0.2, 0.25) is 0 Å². The van der Waals surface area contributed by atoms with Crippen molar-refractivity contribution in [3.63, 3.8) is 0 Å². The number of benzene rings is 1. The first-order valence-corrected chi connectivity index (χ1v) is 7.44. The van der Waals surface area contributed by atoms with E-state index in [4.69, 9.17) is 0 Å². The zero-order valence-corrected chi connectivity index (χ0v) is 10.2. The van der Waals surface area contributed by atoms with Crippen LogP contribution in [0.4, 0.5) is 0 Å². The standard InChI is InChI=1S/C12H20P/c1-12(2,3)13(4,5)11-9-7-6-8-10-11/h6-10H,1-5H3/q+1. The topological polar surface area (TPSA) is 0 Å². The van der Waals surface area contributed by atoms with Gasteiger partial charge in [0.05, 0.1) is 23.8 Å². The van der Waals surface area contributed by atoms with Crippen LogP contribution in [0, 0.1) is 0 Å². The second kappa shape index (κ2) is 3.42. The van der Waals surface area contributed by atoms with Gasteiger partial charge in [0.25, 0.3) is 0 Å². The lowest BCUT2D eigenvalue weighted by Gasteiger charge is -2.31. The van der Waals surface area contributed by atoms with Crippen LogP contribution >= 0.6 is 7.26 Å². The minimum absolute atomic E-state index is 0.411. The zero-order valence-electron chi connectivity index (χ0n) is 9.33. The van der Waals surface area contributed by atoms with Gasteiger partial charge >= 0.3 is 0 Å². The van der Waals surface area contributed by atoms with Crippen LogP contribution in [0.3, 0.4) is 0 Å². The summed E-state index contributed by atoms with van der Waals surface area (Å²) in [5, 5.41) is 1.94. The van der Waals surface area contributed by atoms with Gasteiger partial charge in [-0.3, -0.25) is 0 Å². The highest BCUT2D eigenvalue weighted by molar-refractivity contribution is 7.82. The van der Waals surface area contributed by atoms with Crippen LogP contribution < -0.4 is 5.30 Å². The molecule has 0 fully saturated rings. The minimum atomic E-state index is -0.979. The molecule has 0 nitrogen and oxygen atoms in total. The smallest absolute Gasteiger partial charge is 0.0620 e. The first-order chi connectivity index (χ1) is 5.86. The first-order valence-electron chi connectivity index (χ1n) is 4.75. The Bertz CT molecular complexity index is 267. The van der Waals surface area contributed by atoms with E-state index in [0.717, 1.165) is 0 Å². The van der Waals surface area contributed by atoms with E-state index in [9.17, 15) is 0 Å². The van der Waals surface area contributed by atoms with Gasteiger partial charge in [-0.15, -0.1) is 0 Å². The van der Waals surface area contributed by atoms with Gasteiger partial charge in [0.1, 0.15) is 0 Å².